The molecule has 6 nitrogen and oxygen atoms in total. The molecular formula is C14H22N4O2. The maximum absolute atomic E-state index is 12.0. The molecule has 1 aromatic rings. The summed E-state index contributed by atoms with van der Waals surface area (Å²) in [5.41, 5.74) is 6.43. The molecular weight excluding hydrogens is 256 g/mol. The first-order valence-corrected chi connectivity index (χ1v) is 6.82. The van der Waals surface area contributed by atoms with Gasteiger partial charge in [0.05, 0.1) is 0 Å². The Bertz CT molecular complexity index is 474. The molecule has 0 bridgehead atoms. The number of nitrogens with one attached hydrogen (secondary N) is 2. The molecule has 0 aliphatic rings. The van der Waals surface area contributed by atoms with Crippen LogP contribution in [0.4, 0.5) is 5.82 Å². The van der Waals surface area contributed by atoms with Crippen molar-refractivity contribution in [2.45, 2.75) is 33.1 Å². The van der Waals surface area contributed by atoms with E-state index >= 15 is 0 Å². The summed E-state index contributed by atoms with van der Waals surface area (Å²) in [6.45, 7) is 5.11. The monoisotopic (exact) mass is 278 g/mol. The molecule has 0 fully saturated rings. The summed E-state index contributed by atoms with van der Waals surface area (Å²) in [4.78, 5) is 26.9. The fourth-order valence-corrected chi connectivity index (χ4v) is 1.80. The number of nitrogens with two attached hydrogens (primary N) is 1. The Hall–Kier alpha value is -2.11. The number of primary amides is 1. The predicted molar refractivity (Wildman–Crippen MR) is 78.5 cm³/mol. The number of unbranched alkanes of at least 4 members (excludes halogenated alkanes) is 1. The molecule has 0 saturated carbocycles. The number of carbonyl (C=O) groups is 2. The van der Waals surface area contributed by atoms with Crippen LogP contribution in [-0.4, -0.2) is 29.9 Å². The summed E-state index contributed by atoms with van der Waals surface area (Å²) >= 11 is 0. The van der Waals surface area contributed by atoms with E-state index in [4.69, 9.17) is 5.73 Å². The highest BCUT2D eigenvalue weighted by Crippen LogP contribution is 2.10. The lowest BCUT2D eigenvalue weighted by molar-refractivity contribution is -0.118. The summed E-state index contributed by atoms with van der Waals surface area (Å²) in [5.74, 6) is 0.261. The van der Waals surface area contributed by atoms with Crippen LogP contribution in [0.1, 0.15) is 42.2 Å². The highest BCUT2D eigenvalue weighted by atomic mass is 16.2. The number of hydrogen-bond donors (Lipinski definition) is 3. The van der Waals surface area contributed by atoms with Gasteiger partial charge < -0.3 is 16.4 Å². The quantitative estimate of drug-likeness (QED) is 0.622. The molecule has 0 aliphatic carbocycles. The van der Waals surface area contributed by atoms with Gasteiger partial charge in [0, 0.05) is 30.8 Å². The third kappa shape index (κ3) is 5.69. The molecule has 0 spiro atoms. The first kappa shape index (κ1) is 15.9. The first-order chi connectivity index (χ1) is 9.52. The Balaban J connectivity index is 2.48. The lowest BCUT2D eigenvalue weighted by Crippen LogP contribution is -2.25. The summed E-state index contributed by atoms with van der Waals surface area (Å²) in [5, 5.41) is 5.91. The summed E-state index contributed by atoms with van der Waals surface area (Å²) in [6.07, 6.45) is 1.78. The molecule has 0 aliphatic heterocycles. The number of aryl methyl sites for hydroxylation is 1. The van der Waals surface area contributed by atoms with Crippen molar-refractivity contribution in [1.82, 2.24) is 10.3 Å². The van der Waals surface area contributed by atoms with Gasteiger partial charge in [-0.05, 0) is 38.8 Å². The maximum Gasteiger partial charge on any atom is 0.251 e. The Labute approximate surface area is 119 Å². The molecule has 0 unspecified atom stereocenters. The smallest absolute Gasteiger partial charge is 0.251 e. The van der Waals surface area contributed by atoms with Crippen LogP contribution in [0.15, 0.2) is 12.1 Å². The second-order valence-electron chi connectivity index (χ2n) is 4.59. The zero-order valence-corrected chi connectivity index (χ0v) is 12.0. The molecule has 0 saturated heterocycles. The molecule has 0 atom stereocenters. The van der Waals surface area contributed by atoms with E-state index in [1.54, 1.807) is 12.1 Å². The number of pyridine rings is 1. The lowest BCUT2D eigenvalue weighted by Gasteiger charge is -2.08. The topological polar surface area (TPSA) is 97.1 Å². The number of nitrogens with zero attached hydrogens (tertiary/aromatic N) is 1. The standard InChI is InChI=1S/C14H22N4O2/c1-3-16-13-9-11(8-10(2)18-13)14(20)17-7-5-4-6-12(15)19/h8-9H,3-7H2,1-2H3,(H2,15,19)(H,16,18)(H,17,20). The summed E-state index contributed by atoms with van der Waals surface area (Å²) in [6, 6.07) is 3.48. The number of hydrogen-bond acceptors (Lipinski definition) is 4. The van der Waals surface area contributed by atoms with Gasteiger partial charge in [0.2, 0.25) is 5.91 Å². The van der Waals surface area contributed by atoms with E-state index in [0.29, 0.717) is 30.8 Å². The predicted octanol–water partition coefficient (Wildman–Crippen LogP) is 1.21. The first-order valence-electron chi connectivity index (χ1n) is 6.82. The van der Waals surface area contributed by atoms with Crippen molar-refractivity contribution in [1.29, 1.82) is 0 Å². The normalized spacial score (nSPS) is 10.1. The van der Waals surface area contributed by atoms with Gasteiger partial charge in [0.25, 0.3) is 5.91 Å². The molecule has 2 amide bonds. The third-order valence-electron chi connectivity index (χ3n) is 2.71. The van der Waals surface area contributed by atoms with Crippen molar-refractivity contribution in [3.8, 4) is 0 Å². The van der Waals surface area contributed by atoms with Crippen LogP contribution in [0, 0.1) is 6.92 Å². The number of aromatic nitrogens is 1. The highest BCUT2D eigenvalue weighted by molar-refractivity contribution is 5.94. The van der Waals surface area contributed by atoms with Crippen LogP contribution in [0.25, 0.3) is 0 Å². The molecule has 0 aromatic carbocycles. The SMILES string of the molecule is CCNc1cc(C(=O)NCCCCC(N)=O)cc(C)n1. The Kier molecular flexibility index (Phi) is 6.49. The Morgan fingerprint density at radius 3 is 2.70 bits per heavy atom. The van der Waals surface area contributed by atoms with Crippen LogP contribution in [-0.2, 0) is 4.79 Å². The largest absolute Gasteiger partial charge is 0.370 e. The van der Waals surface area contributed by atoms with Gasteiger partial charge in [-0.2, -0.15) is 0 Å². The minimum atomic E-state index is -0.309. The second kappa shape index (κ2) is 8.14. The van der Waals surface area contributed by atoms with Gasteiger partial charge in [-0.25, -0.2) is 4.98 Å². The van der Waals surface area contributed by atoms with Gasteiger partial charge in [-0.1, -0.05) is 0 Å². The average Bonchev–Trinajstić information content (AvgIpc) is 2.37. The number of amides is 2. The minimum absolute atomic E-state index is 0.131. The number of rotatable bonds is 8. The van der Waals surface area contributed by atoms with Crippen LogP contribution in [0.3, 0.4) is 0 Å². The van der Waals surface area contributed by atoms with Crippen molar-refractivity contribution in [3.05, 3.63) is 23.4 Å². The molecule has 110 valence electrons. The Morgan fingerprint density at radius 2 is 2.05 bits per heavy atom. The lowest BCUT2D eigenvalue weighted by atomic mass is 10.2. The van der Waals surface area contributed by atoms with Gasteiger partial charge in [-0.15, -0.1) is 0 Å². The zero-order chi connectivity index (χ0) is 15.0. The van der Waals surface area contributed by atoms with Crippen LogP contribution < -0.4 is 16.4 Å². The highest BCUT2D eigenvalue weighted by Gasteiger charge is 2.08. The van der Waals surface area contributed by atoms with Crippen LogP contribution in [0.5, 0.6) is 0 Å². The van der Waals surface area contributed by atoms with Gasteiger partial charge in [-0.3, -0.25) is 9.59 Å². The van der Waals surface area contributed by atoms with Gasteiger partial charge in [0.1, 0.15) is 5.82 Å². The molecule has 1 heterocycles. The van der Waals surface area contributed by atoms with Crippen LogP contribution in [0.2, 0.25) is 0 Å². The number of anilines is 1. The van der Waals surface area contributed by atoms with Crippen molar-refractivity contribution in [3.63, 3.8) is 0 Å². The molecule has 0 radical (unpaired) electrons. The van der Waals surface area contributed by atoms with Crippen LogP contribution >= 0.6 is 0 Å². The fourth-order valence-electron chi connectivity index (χ4n) is 1.80. The second-order valence-corrected chi connectivity index (χ2v) is 4.59. The molecule has 1 aromatic heterocycles. The molecule has 6 heteroatoms. The minimum Gasteiger partial charge on any atom is -0.370 e. The van der Waals surface area contributed by atoms with E-state index in [9.17, 15) is 9.59 Å². The number of carbonyl (C=O) groups excluding carboxylic acids is 2. The van der Waals surface area contributed by atoms with E-state index in [1.165, 1.54) is 0 Å². The van der Waals surface area contributed by atoms with Crippen molar-refractivity contribution in [2.75, 3.05) is 18.4 Å². The van der Waals surface area contributed by atoms with Crippen molar-refractivity contribution >= 4 is 17.6 Å². The van der Waals surface area contributed by atoms with E-state index in [0.717, 1.165) is 18.7 Å². The van der Waals surface area contributed by atoms with Gasteiger partial charge >= 0.3 is 0 Å². The fraction of sp³-hybridized carbons (Fsp3) is 0.500. The summed E-state index contributed by atoms with van der Waals surface area (Å²) in [7, 11) is 0. The Morgan fingerprint density at radius 1 is 1.30 bits per heavy atom. The molecule has 4 N–H and O–H groups in total. The van der Waals surface area contributed by atoms with E-state index in [1.807, 2.05) is 13.8 Å². The van der Waals surface area contributed by atoms with Crippen molar-refractivity contribution < 1.29 is 9.59 Å². The molecule has 1 rings (SSSR count). The maximum atomic E-state index is 12.0. The van der Waals surface area contributed by atoms with Crippen molar-refractivity contribution in [2.24, 2.45) is 5.73 Å². The average molecular weight is 278 g/mol. The third-order valence-corrected chi connectivity index (χ3v) is 2.71. The van der Waals surface area contributed by atoms with Gasteiger partial charge in [0.15, 0.2) is 0 Å². The zero-order valence-electron chi connectivity index (χ0n) is 12.0. The van der Waals surface area contributed by atoms with E-state index in [2.05, 4.69) is 15.6 Å². The summed E-state index contributed by atoms with van der Waals surface area (Å²) < 4.78 is 0. The van der Waals surface area contributed by atoms with E-state index < -0.39 is 0 Å². The molecule has 20 heavy (non-hydrogen) atoms. The van der Waals surface area contributed by atoms with E-state index in [-0.39, 0.29) is 11.8 Å².